The molecule has 3 unspecified atom stereocenters. The molecule has 3 aliphatic carbocycles. The first-order chi connectivity index (χ1) is 17.5. The van der Waals surface area contributed by atoms with Crippen LogP contribution in [0.4, 0.5) is 0 Å². The van der Waals surface area contributed by atoms with E-state index in [0.717, 1.165) is 64.0 Å². The number of carbonyl (C=O) groups excluding carboxylic acids is 1. The molecule has 190 valence electrons. The summed E-state index contributed by atoms with van der Waals surface area (Å²) in [5.41, 5.74) is 2.79. The normalized spacial score (nSPS) is 33.7. The van der Waals surface area contributed by atoms with Gasteiger partial charge < -0.3 is 10.0 Å². The summed E-state index contributed by atoms with van der Waals surface area (Å²) in [7, 11) is 0. The highest BCUT2D eigenvalue weighted by atomic mass is 16.3. The van der Waals surface area contributed by atoms with Gasteiger partial charge in [0.15, 0.2) is 0 Å². The molecule has 7 heteroatoms. The molecule has 0 radical (unpaired) electrons. The lowest BCUT2D eigenvalue weighted by Gasteiger charge is -2.51. The van der Waals surface area contributed by atoms with Crippen molar-refractivity contribution in [2.24, 2.45) is 17.8 Å². The van der Waals surface area contributed by atoms with Crippen LogP contribution in [0.25, 0.3) is 0 Å². The highest BCUT2D eigenvalue weighted by molar-refractivity contribution is 5.92. The third kappa shape index (κ3) is 3.61. The van der Waals surface area contributed by atoms with E-state index in [4.69, 9.17) is 0 Å². The molecule has 8 rings (SSSR count). The molecule has 2 N–H and O–H groups in total. The van der Waals surface area contributed by atoms with Crippen LogP contribution in [-0.2, 0) is 11.8 Å². The molecule has 4 heterocycles. The highest BCUT2D eigenvalue weighted by Gasteiger charge is 2.58. The third-order valence-electron chi connectivity index (χ3n) is 10.2. The number of aromatic nitrogens is 2. The third-order valence-corrected chi connectivity index (χ3v) is 10.2. The van der Waals surface area contributed by atoms with Crippen molar-refractivity contribution >= 4 is 5.91 Å². The second-order valence-electron chi connectivity index (χ2n) is 12.1. The lowest BCUT2D eigenvalue weighted by atomic mass is 9.55. The Balaban J connectivity index is 1.32. The molecule has 2 bridgehead atoms. The predicted octanol–water partition coefficient (Wildman–Crippen LogP) is 3.47. The van der Waals surface area contributed by atoms with Crippen LogP contribution in [0.3, 0.4) is 0 Å². The van der Waals surface area contributed by atoms with Gasteiger partial charge in [-0.2, -0.15) is 5.10 Å². The SMILES string of the molecule is O=C(c1ccc(=O)[nH]n1)N1C[C@H]2CCC3Cc4ccc(O)cc4C4(CCC[C@H]1C24)CCN3CC1CC1. The number of H-pyrrole nitrogens is 1. The Morgan fingerprint density at radius 3 is 2.81 bits per heavy atom. The fourth-order valence-corrected chi connectivity index (χ4v) is 8.49. The first-order valence-corrected chi connectivity index (χ1v) is 13.9. The van der Waals surface area contributed by atoms with Gasteiger partial charge in [0.2, 0.25) is 0 Å². The lowest BCUT2D eigenvalue weighted by molar-refractivity contribution is 0.0540. The second kappa shape index (κ2) is 8.44. The first-order valence-electron chi connectivity index (χ1n) is 13.9. The monoisotopic (exact) mass is 488 g/mol. The van der Waals surface area contributed by atoms with Crippen molar-refractivity contribution in [3.05, 3.63) is 57.5 Å². The molecular formula is C29H36N4O3. The van der Waals surface area contributed by atoms with Gasteiger partial charge in [-0.05, 0) is 105 Å². The van der Waals surface area contributed by atoms with Gasteiger partial charge in [-0.25, -0.2) is 5.10 Å². The van der Waals surface area contributed by atoms with E-state index in [1.807, 2.05) is 6.07 Å². The molecule has 7 nitrogen and oxygen atoms in total. The summed E-state index contributed by atoms with van der Waals surface area (Å²) in [5.74, 6) is 2.01. The zero-order valence-electron chi connectivity index (χ0n) is 20.9. The first kappa shape index (κ1) is 22.5. The molecule has 2 saturated carbocycles. The number of fused-ring (bicyclic) bond motifs is 3. The Labute approximate surface area is 211 Å². The van der Waals surface area contributed by atoms with Gasteiger partial charge in [0, 0.05) is 36.7 Å². The van der Waals surface area contributed by atoms with Crippen molar-refractivity contribution < 1.29 is 9.90 Å². The number of aromatic hydroxyl groups is 1. The summed E-state index contributed by atoms with van der Waals surface area (Å²) in [6.07, 6.45) is 10.4. The van der Waals surface area contributed by atoms with E-state index >= 15 is 0 Å². The molecule has 36 heavy (non-hydrogen) atoms. The molecule has 1 amide bonds. The van der Waals surface area contributed by atoms with Crippen LogP contribution in [0.15, 0.2) is 35.1 Å². The smallest absolute Gasteiger partial charge is 0.274 e. The van der Waals surface area contributed by atoms with Gasteiger partial charge >= 0.3 is 0 Å². The molecule has 2 aromatic rings. The van der Waals surface area contributed by atoms with Crippen molar-refractivity contribution in [2.45, 2.75) is 75.3 Å². The molecule has 1 aromatic heterocycles. The molecular weight excluding hydrogens is 452 g/mol. The summed E-state index contributed by atoms with van der Waals surface area (Å²) in [6.45, 7) is 3.11. The quantitative estimate of drug-likeness (QED) is 0.691. The molecule has 4 fully saturated rings. The Kier molecular flexibility index (Phi) is 5.28. The zero-order valence-corrected chi connectivity index (χ0v) is 20.9. The Hall–Kier alpha value is -2.67. The standard InChI is InChI=1S/C29H36N4O3/c34-22-8-6-19-14-21-7-5-20-17-33(28(36)24-9-10-26(35)31-30-24)25-2-1-11-29(27(20)25,23(19)15-22)12-13-32(21)16-18-3-4-18/h6,8-10,15,18,20-21,25,27,34H,1-5,7,11-14,16-17H2,(H,31,35)/t20-,21?,25+,27?,29?/m1/s1. The molecule has 1 aromatic carbocycles. The maximum atomic E-state index is 13.7. The van der Waals surface area contributed by atoms with Gasteiger partial charge in [-0.3, -0.25) is 14.5 Å². The summed E-state index contributed by atoms with van der Waals surface area (Å²) >= 11 is 0. The molecule has 5 atom stereocenters. The minimum absolute atomic E-state index is 0.0216. The number of amides is 1. The summed E-state index contributed by atoms with van der Waals surface area (Å²) in [5, 5.41) is 17.2. The number of carbonyl (C=O) groups is 1. The summed E-state index contributed by atoms with van der Waals surface area (Å²) in [4.78, 5) is 30.1. The second-order valence-corrected chi connectivity index (χ2v) is 12.1. The number of nitrogens with zero attached hydrogens (tertiary/aromatic N) is 3. The summed E-state index contributed by atoms with van der Waals surface area (Å²) in [6, 6.07) is 9.78. The number of rotatable bonds is 3. The minimum Gasteiger partial charge on any atom is -0.508 e. The van der Waals surface area contributed by atoms with Crippen molar-refractivity contribution in [1.82, 2.24) is 20.0 Å². The number of hydrogen-bond acceptors (Lipinski definition) is 5. The van der Waals surface area contributed by atoms with Crippen molar-refractivity contribution in [2.75, 3.05) is 19.6 Å². The number of nitrogens with one attached hydrogen (secondary N) is 1. The van der Waals surface area contributed by atoms with Gasteiger partial charge in [-0.1, -0.05) is 12.5 Å². The van der Waals surface area contributed by atoms with Gasteiger partial charge in [0.1, 0.15) is 11.4 Å². The highest BCUT2D eigenvalue weighted by Crippen LogP contribution is 2.58. The topological polar surface area (TPSA) is 89.5 Å². The van der Waals surface area contributed by atoms with E-state index in [0.29, 0.717) is 29.3 Å². The van der Waals surface area contributed by atoms with E-state index in [2.05, 4.69) is 32.1 Å². The fraction of sp³-hybridized carbons (Fsp3) is 0.621. The predicted molar refractivity (Wildman–Crippen MR) is 136 cm³/mol. The van der Waals surface area contributed by atoms with Crippen molar-refractivity contribution in [3.8, 4) is 5.75 Å². The van der Waals surface area contributed by atoms with E-state index in [1.165, 1.54) is 36.6 Å². The molecule has 6 aliphatic rings. The van der Waals surface area contributed by atoms with Crippen LogP contribution in [0, 0.1) is 17.8 Å². The number of phenolic OH excluding ortho intramolecular Hbond substituents is 1. The zero-order chi connectivity index (χ0) is 24.4. The van der Waals surface area contributed by atoms with Gasteiger partial charge in [-0.15, -0.1) is 0 Å². The average Bonchev–Trinajstić information content (AvgIpc) is 3.60. The Morgan fingerprint density at radius 2 is 2.00 bits per heavy atom. The summed E-state index contributed by atoms with van der Waals surface area (Å²) < 4.78 is 0. The van der Waals surface area contributed by atoms with E-state index in [-0.39, 0.29) is 22.9 Å². The Bertz CT molecular complexity index is 1220. The van der Waals surface area contributed by atoms with E-state index < -0.39 is 0 Å². The van der Waals surface area contributed by atoms with E-state index in [9.17, 15) is 14.7 Å². The van der Waals surface area contributed by atoms with Crippen molar-refractivity contribution in [3.63, 3.8) is 0 Å². The number of phenols is 1. The largest absolute Gasteiger partial charge is 0.508 e. The van der Waals surface area contributed by atoms with Crippen LogP contribution >= 0.6 is 0 Å². The minimum atomic E-state index is -0.289. The molecule has 2 saturated heterocycles. The number of hydrogen-bond donors (Lipinski definition) is 2. The van der Waals surface area contributed by atoms with Crippen LogP contribution in [-0.4, -0.2) is 62.7 Å². The Morgan fingerprint density at radius 1 is 1.11 bits per heavy atom. The fourth-order valence-electron chi connectivity index (χ4n) is 8.49. The number of likely N-dealkylation sites (tertiary alicyclic amines) is 1. The maximum Gasteiger partial charge on any atom is 0.274 e. The average molecular weight is 489 g/mol. The maximum absolute atomic E-state index is 13.7. The van der Waals surface area contributed by atoms with Crippen LogP contribution in [0.5, 0.6) is 5.75 Å². The van der Waals surface area contributed by atoms with Crippen LogP contribution in [0.1, 0.15) is 73.0 Å². The van der Waals surface area contributed by atoms with Crippen LogP contribution < -0.4 is 5.56 Å². The molecule has 1 spiro atoms. The number of benzene rings is 1. The number of aromatic amines is 1. The van der Waals surface area contributed by atoms with Crippen molar-refractivity contribution in [1.29, 1.82) is 0 Å². The lowest BCUT2D eigenvalue weighted by Crippen LogP contribution is -2.52. The van der Waals surface area contributed by atoms with Crippen LogP contribution in [0.2, 0.25) is 0 Å². The van der Waals surface area contributed by atoms with Gasteiger partial charge in [0.25, 0.3) is 11.5 Å². The van der Waals surface area contributed by atoms with E-state index in [1.54, 1.807) is 6.07 Å². The van der Waals surface area contributed by atoms with Gasteiger partial charge in [0.05, 0.1) is 0 Å². The molecule has 3 aliphatic heterocycles.